The van der Waals surface area contributed by atoms with Gasteiger partial charge in [0.05, 0.1) is 0 Å². The highest BCUT2D eigenvalue weighted by Gasteiger charge is 2.20. The third kappa shape index (κ3) is 6.49. The van der Waals surface area contributed by atoms with Crippen molar-refractivity contribution in [1.29, 1.82) is 0 Å². The van der Waals surface area contributed by atoms with E-state index in [0.717, 1.165) is 43.1 Å². The van der Waals surface area contributed by atoms with E-state index in [4.69, 9.17) is 0 Å². The zero-order valence-corrected chi connectivity index (χ0v) is 32.5. The van der Waals surface area contributed by atoms with E-state index < -0.39 is 0 Å². The Bertz CT molecular complexity index is 2430. The molecule has 0 bridgehead atoms. The van der Waals surface area contributed by atoms with Gasteiger partial charge in [0.2, 0.25) is 0 Å². The van der Waals surface area contributed by atoms with E-state index in [1.165, 1.54) is 43.8 Å². The van der Waals surface area contributed by atoms with Gasteiger partial charge in [0.25, 0.3) is 0 Å². The fourth-order valence-electron chi connectivity index (χ4n) is 7.55. The van der Waals surface area contributed by atoms with Gasteiger partial charge < -0.3 is 9.80 Å². The van der Waals surface area contributed by atoms with E-state index in [-0.39, 0.29) is 0 Å². The van der Waals surface area contributed by atoms with Crippen molar-refractivity contribution in [1.82, 2.24) is 0 Å². The Hall–Kier alpha value is -5.94. The minimum absolute atomic E-state index is 1.05. The van der Waals surface area contributed by atoms with Crippen molar-refractivity contribution in [3.8, 4) is 22.3 Å². The molecule has 0 unspecified atom stereocenters. The largest absolute Gasteiger partial charge is 0.311 e. The second kappa shape index (κ2) is 14.8. The van der Waals surface area contributed by atoms with E-state index in [1.807, 2.05) is 0 Å². The highest BCUT2D eigenvalue weighted by molar-refractivity contribution is 9.10. The quantitative estimate of drug-likeness (QED) is 0.141. The number of hydrogen-bond donors (Lipinski definition) is 0. The molecule has 0 saturated heterocycles. The van der Waals surface area contributed by atoms with Crippen LogP contribution in [0.2, 0.25) is 0 Å². The molecule has 0 N–H and O–H groups in total. The van der Waals surface area contributed by atoms with Crippen molar-refractivity contribution in [2.75, 3.05) is 9.80 Å². The molecule has 54 heavy (non-hydrogen) atoms. The Kier molecular flexibility index (Phi) is 9.30. The fraction of sp³-hybridized carbons (Fsp3) is 0. The first-order chi connectivity index (χ1) is 26.6. The second-order valence-electron chi connectivity index (χ2n) is 13.2. The van der Waals surface area contributed by atoms with Gasteiger partial charge in [-0.25, -0.2) is 0 Å². The third-order valence-corrected chi connectivity index (χ3v) is 10.9. The van der Waals surface area contributed by atoms with Crippen molar-refractivity contribution in [2.24, 2.45) is 0 Å². The van der Waals surface area contributed by atoms with Crippen LogP contribution < -0.4 is 9.80 Å². The molecule has 2 nitrogen and oxygen atoms in total. The van der Waals surface area contributed by atoms with Gasteiger partial charge in [0, 0.05) is 43.1 Å². The molecule has 0 atom stereocenters. The molecular weight excluding hydrogens is 788 g/mol. The Morgan fingerprint density at radius 3 is 0.833 bits per heavy atom. The van der Waals surface area contributed by atoms with Crippen LogP contribution in [0.4, 0.5) is 34.1 Å². The predicted molar refractivity (Wildman–Crippen MR) is 237 cm³/mol. The molecule has 0 fully saturated rings. The normalized spacial score (nSPS) is 11.1. The van der Waals surface area contributed by atoms with Crippen molar-refractivity contribution in [2.45, 2.75) is 0 Å². The van der Waals surface area contributed by atoms with Gasteiger partial charge >= 0.3 is 0 Å². The first-order valence-corrected chi connectivity index (χ1v) is 19.6. The molecule has 0 aliphatic rings. The molecule has 0 aliphatic carbocycles. The Labute approximate surface area is 332 Å². The van der Waals surface area contributed by atoms with Gasteiger partial charge in [0.15, 0.2) is 0 Å². The maximum atomic E-state index is 3.83. The molecule has 9 aromatic carbocycles. The summed E-state index contributed by atoms with van der Waals surface area (Å²) in [4.78, 5) is 4.61. The molecular formula is C50H34Br2N2. The fourth-order valence-corrected chi connectivity index (χ4v) is 8.27. The van der Waals surface area contributed by atoms with Gasteiger partial charge in [-0.3, -0.25) is 0 Å². The van der Waals surface area contributed by atoms with Crippen LogP contribution in [0.5, 0.6) is 0 Å². The maximum Gasteiger partial charge on any atom is 0.0462 e. The molecule has 0 amide bonds. The summed E-state index contributed by atoms with van der Waals surface area (Å²) in [6.45, 7) is 0. The number of benzene rings is 9. The van der Waals surface area contributed by atoms with Gasteiger partial charge in [-0.05, 0) is 141 Å². The Balaban J connectivity index is 1.19. The van der Waals surface area contributed by atoms with E-state index >= 15 is 0 Å². The average molecular weight is 823 g/mol. The number of para-hydroxylation sites is 4. The van der Waals surface area contributed by atoms with Crippen molar-refractivity contribution in [3.05, 3.63) is 215 Å². The van der Waals surface area contributed by atoms with Gasteiger partial charge in [0.1, 0.15) is 0 Å². The Morgan fingerprint density at radius 2 is 0.537 bits per heavy atom. The summed E-state index contributed by atoms with van der Waals surface area (Å²) < 4.78 is 2.10. The summed E-state index contributed by atoms with van der Waals surface area (Å²) in [5, 5.41) is 4.80. The zero-order valence-electron chi connectivity index (χ0n) is 29.3. The monoisotopic (exact) mass is 820 g/mol. The smallest absolute Gasteiger partial charge is 0.0462 e. The molecule has 9 aromatic rings. The predicted octanol–water partition coefficient (Wildman–Crippen LogP) is 15.8. The van der Waals surface area contributed by atoms with Gasteiger partial charge in [-0.2, -0.15) is 0 Å². The SMILES string of the molecule is Brc1ccc2c(-c3ccc(N(c4ccccc4)c4ccccc4)cc3)c3cc(Br)ccc3c(-c3ccc(N(c4ccccc4)c4ccccc4)cc3)c2c1. The van der Waals surface area contributed by atoms with Gasteiger partial charge in [-0.15, -0.1) is 0 Å². The summed E-state index contributed by atoms with van der Waals surface area (Å²) in [7, 11) is 0. The lowest BCUT2D eigenvalue weighted by Crippen LogP contribution is -2.09. The minimum Gasteiger partial charge on any atom is -0.311 e. The van der Waals surface area contributed by atoms with Crippen LogP contribution in [-0.4, -0.2) is 0 Å². The number of hydrogen-bond acceptors (Lipinski definition) is 2. The van der Waals surface area contributed by atoms with Crippen LogP contribution in [0.25, 0.3) is 43.8 Å². The lowest BCUT2D eigenvalue weighted by molar-refractivity contribution is 1.28. The highest BCUT2D eigenvalue weighted by Crippen LogP contribution is 2.46. The van der Waals surface area contributed by atoms with Crippen molar-refractivity contribution < 1.29 is 0 Å². The van der Waals surface area contributed by atoms with E-state index in [0.29, 0.717) is 0 Å². The number of fused-ring (bicyclic) bond motifs is 2. The average Bonchev–Trinajstić information content (AvgIpc) is 3.22. The number of anilines is 6. The first kappa shape index (κ1) is 33.9. The molecule has 0 aliphatic heterocycles. The maximum absolute atomic E-state index is 3.83. The first-order valence-electron chi connectivity index (χ1n) is 18.0. The molecule has 0 spiro atoms. The topological polar surface area (TPSA) is 6.48 Å². The van der Waals surface area contributed by atoms with Gasteiger partial charge in [-0.1, -0.05) is 141 Å². The van der Waals surface area contributed by atoms with Crippen LogP contribution in [0.15, 0.2) is 215 Å². The molecule has 0 radical (unpaired) electrons. The van der Waals surface area contributed by atoms with Crippen LogP contribution >= 0.6 is 31.9 Å². The number of halogens is 2. The van der Waals surface area contributed by atoms with Crippen LogP contribution in [-0.2, 0) is 0 Å². The number of rotatable bonds is 8. The summed E-state index contributed by atoms with van der Waals surface area (Å²) in [5.74, 6) is 0. The highest BCUT2D eigenvalue weighted by atomic mass is 79.9. The molecule has 0 heterocycles. The van der Waals surface area contributed by atoms with E-state index in [1.54, 1.807) is 0 Å². The van der Waals surface area contributed by atoms with E-state index in [2.05, 4.69) is 248 Å². The van der Waals surface area contributed by atoms with Crippen LogP contribution in [0.3, 0.4) is 0 Å². The van der Waals surface area contributed by atoms with E-state index in [9.17, 15) is 0 Å². The number of nitrogens with zero attached hydrogens (tertiary/aromatic N) is 2. The summed E-state index contributed by atoms with van der Waals surface area (Å²) >= 11 is 7.66. The molecule has 4 heteroatoms. The summed E-state index contributed by atoms with van der Waals surface area (Å²) in [5.41, 5.74) is 11.4. The zero-order chi connectivity index (χ0) is 36.4. The lowest BCUT2D eigenvalue weighted by atomic mass is 9.86. The van der Waals surface area contributed by atoms with Crippen LogP contribution in [0, 0.1) is 0 Å². The molecule has 258 valence electrons. The van der Waals surface area contributed by atoms with Crippen LogP contribution in [0.1, 0.15) is 0 Å². The van der Waals surface area contributed by atoms with Crippen molar-refractivity contribution in [3.63, 3.8) is 0 Å². The van der Waals surface area contributed by atoms with Crippen molar-refractivity contribution >= 4 is 87.5 Å². The summed E-state index contributed by atoms with van der Waals surface area (Å²) in [6.07, 6.45) is 0. The Morgan fingerprint density at radius 1 is 0.259 bits per heavy atom. The standard InChI is InChI=1S/C50H34Br2N2/c51-37-26-32-46-47(33-37)49(35-21-27-43(28-22-35)53(39-13-5-1-6-14-39)40-15-7-2-8-16-40)45-31-25-38(52)34-48(45)50(46)36-23-29-44(30-24-36)54(41-17-9-3-10-18-41)42-19-11-4-12-20-42/h1-34H. The molecule has 0 saturated carbocycles. The molecule has 0 aromatic heterocycles. The second-order valence-corrected chi connectivity index (χ2v) is 15.1. The molecule has 9 rings (SSSR count). The lowest BCUT2D eigenvalue weighted by Gasteiger charge is -2.26. The minimum atomic E-state index is 1.05. The third-order valence-electron chi connectivity index (χ3n) is 9.93. The summed E-state index contributed by atoms with van der Waals surface area (Å²) in [6, 6.07) is 73.6.